The van der Waals surface area contributed by atoms with E-state index in [1.807, 2.05) is 38.1 Å². The number of carbonyl (C=O) groups excluding carboxylic acids is 2. The summed E-state index contributed by atoms with van der Waals surface area (Å²) in [6.45, 7) is 4.31. The van der Waals surface area contributed by atoms with Gasteiger partial charge in [-0.25, -0.2) is 0 Å². The fourth-order valence-electron chi connectivity index (χ4n) is 2.97. The van der Waals surface area contributed by atoms with Gasteiger partial charge in [0.25, 0.3) is 0 Å². The zero-order valence-corrected chi connectivity index (χ0v) is 19.2. The monoisotopic (exact) mass is 452 g/mol. The van der Waals surface area contributed by atoms with Gasteiger partial charge in [0.05, 0.1) is 5.75 Å². The SMILES string of the molecule is CC[C@H](C(=O)NC)N(Cc1ccc(C)cc1)C(=O)CSCc1c(Cl)cccc1Cl. The second-order valence-corrected chi connectivity index (χ2v) is 8.54. The van der Waals surface area contributed by atoms with Crippen molar-refractivity contribution >= 4 is 46.8 Å². The highest BCUT2D eigenvalue weighted by Gasteiger charge is 2.27. The van der Waals surface area contributed by atoms with E-state index in [4.69, 9.17) is 23.2 Å². The molecule has 4 nitrogen and oxygen atoms in total. The standard InChI is InChI=1S/C22H26Cl2N2O2S/c1-4-20(22(28)25-3)26(12-16-10-8-15(2)9-11-16)21(27)14-29-13-17-18(23)6-5-7-19(17)24/h5-11,20H,4,12-14H2,1-3H3,(H,25,28)/t20-/m1/s1. The number of amides is 2. The molecule has 2 rings (SSSR count). The Hall–Kier alpha value is -1.69. The summed E-state index contributed by atoms with van der Waals surface area (Å²) in [6, 6.07) is 12.8. The first-order valence-corrected chi connectivity index (χ1v) is 11.4. The summed E-state index contributed by atoms with van der Waals surface area (Å²) in [5.74, 6) is 0.515. The predicted octanol–water partition coefficient (Wildman–Crippen LogP) is 5.09. The summed E-state index contributed by atoms with van der Waals surface area (Å²) in [5, 5.41) is 3.85. The minimum atomic E-state index is -0.515. The Labute approximate surface area is 187 Å². The van der Waals surface area contributed by atoms with E-state index >= 15 is 0 Å². The number of benzene rings is 2. The lowest BCUT2D eigenvalue weighted by atomic mass is 10.1. The maximum absolute atomic E-state index is 13.1. The van der Waals surface area contributed by atoms with E-state index in [0.29, 0.717) is 28.8 Å². The third-order valence-electron chi connectivity index (χ3n) is 4.64. The van der Waals surface area contributed by atoms with Gasteiger partial charge < -0.3 is 10.2 Å². The average molecular weight is 453 g/mol. The number of nitrogens with one attached hydrogen (secondary N) is 1. The Morgan fingerprint density at radius 1 is 1.10 bits per heavy atom. The lowest BCUT2D eigenvalue weighted by molar-refractivity contribution is -0.139. The second-order valence-electron chi connectivity index (χ2n) is 6.74. The van der Waals surface area contributed by atoms with E-state index in [-0.39, 0.29) is 17.6 Å². The summed E-state index contributed by atoms with van der Waals surface area (Å²) >= 11 is 13.9. The minimum absolute atomic E-state index is 0.0887. The number of halogens is 2. The quantitative estimate of drug-likeness (QED) is 0.576. The highest BCUT2D eigenvalue weighted by molar-refractivity contribution is 7.99. The molecule has 0 unspecified atom stereocenters. The van der Waals surface area contributed by atoms with Gasteiger partial charge in [0.15, 0.2) is 0 Å². The molecular formula is C22H26Cl2N2O2S. The van der Waals surface area contributed by atoms with E-state index in [1.54, 1.807) is 30.1 Å². The molecule has 1 atom stereocenters. The van der Waals surface area contributed by atoms with Gasteiger partial charge in [-0.2, -0.15) is 0 Å². The van der Waals surface area contributed by atoms with Crippen LogP contribution in [0.4, 0.5) is 0 Å². The van der Waals surface area contributed by atoms with E-state index in [9.17, 15) is 9.59 Å². The highest BCUT2D eigenvalue weighted by Crippen LogP contribution is 2.28. The van der Waals surface area contributed by atoms with Crippen molar-refractivity contribution in [3.8, 4) is 0 Å². The van der Waals surface area contributed by atoms with Crippen molar-refractivity contribution in [1.82, 2.24) is 10.2 Å². The van der Waals surface area contributed by atoms with Crippen molar-refractivity contribution in [3.05, 3.63) is 69.2 Å². The first-order valence-electron chi connectivity index (χ1n) is 9.44. The van der Waals surface area contributed by atoms with Gasteiger partial charge in [0.2, 0.25) is 11.8 Å². The van der Waals surface area contributed by atoms with Crippen molar-refractivity contribution in [2.45, 2.75) is 38.6 Å². The zero-order chi connectivity index (χ0) is 21.4. The first-order chi connectivity index (χ1) is 13.9. The number of aryl methyl sites for hydroxylation is 1. The highest BCUT2D eigenvalue weighted by atomic mass is 35.5. The van der Waals surface area contributed by atoms with Crippen molar-refractivity contribution in [2.75, 3.05) is 12.8 Å². The zero-order valence-electron chi connectivity index (χ0n) is 16.9. The first kappa shape index (κ1) is 23.6. The molecule has 0 spiro atoms. The third-order valence-corrected chi connectivity index (χ3v) is 6.29. The molecule has 0 aliphatic rings. The van der Waals surface area contributed by atoms with Crippen molar-refractivity contribution in [1.29, 1.82) is 0 Å². The molecule has 0 aliphatic carbocycles. The Morgan fingerprint density at radius 3 is 2.28 bits per heavy atom. The lowest BCUT2D eigenvalue weighted by Gasteiger charge is -2.30. The predicted molar refractivity (Wildman–Crippen MR) is 122 cm³/mol. The topological polar surface area (TPSA) is 49.4 Å². The smallest absolute Gasteiger partial charge is 0.242 e. The van der Waals surface area contributed by atoms with Gasteiger partial charge in [0.1, 0.15) is 6.04 Å². The minimum Gasteiger partial charge on any atom is -0.357 e. The molecule has 0 saturated heterocycles. The summed E-state index contributed by atoms with van der Waals surface area (Å²) < 4.78 is 0. The molecule has 0 heterocycles. The fourth-order valence-corrected chi connectivity index (χ4v) is 4.62. The number of thioether (sulfide) groups is 1. The van der Waals surface area contributed by atoms with Gasteiger partial charge in [0, 0.05) is 29.4 Å². The maximum Gasteiger partial charge on any atom is 0.242 e. The molecule has 1 N–H and O–H groups in total. The van der Waals surface area contributed by atoms with Crippen LogP contribution in [-0.2, 0) is 21.9 Å². The van der Waals surface area contributed by atoms with Gasteiger partial charge in [-0.1, -0.05) is 66.0 Å². The van der Waals surface area contributed by atoms with Crippen LogP contribution in [0.5, 0.6) is 0 Å². The number of hydrogen-bond acceptors (Lipinski definition) is 3. The normalized spacial score (nSPS) is 11.8. The maximum atomic E-state index is 13.1. The van der Waals surface area contributed by atoms with Crippen LogP contribution in [0, 0.1) is 6.92 Å². The van der Waals surface area contributed by atoms with Gasteiger partial charge in [-0.3, -0.25) is 9.59 Å². The van der Waals surface area contributed by atoms with Crippen LogP contribution >= 0.6 is 35.0 Å². The lowest BCUT2D eigenvalue weighted by Crippen LogP contribution is -2.48. The van der Waals surface area contributed by atoms with Crippen LogP contribution in [0.1, 0.15) is 30.0 Å². The molecule has 0 saturated carbocycles. The average Bonchev–Trinajstić information content (AvgIpc) is 2.71. The Balaban J connectivity index is 2.12. The van der Waals surface area contributed by atoms with Crippen molar-refractivity contribution < 1.29 is 9.59 Å². The Morgan fingerprint density at radius 2 is 1.72 bits per heavy atom. The molecule has 2 aromatic carbocycles. The number of carbonyl (C=O) groups is 2. The third kappa shape index (κ3) is 6.66. The number of likely N-dealkylation sites (N-methyl/N-ethyl adjacent to an activating group) is 1. The second kappa shape index (κ2) is 11.5. The number of nitrogens with zero attached hydrogens (tertiary/aromatic N) is 1. The molecule has 0 bridgehead atoms. The van der Waals surface area contributed by atoms with E-state index in [1.165, 1.54) is 11.8 Å². The van der Waals surface area contributed by atoms with Gasteiger partial charge >= 0.3 is 0 Å². The molecule has 2 aromatic rings. The molecule has 0 radical (unpaired) electrons. The van der Waals surface area contributed by atoms with Crippen LogP contribution in [0.2, 0.25) is 10.0 Å². The van der Waals surface area contributed by atoms with Crippen LogP contribution in [0.15, 0.2) is 42.5 Å². The summed E-state index contributed by atoms with van der Waals surface area (Å²) in [7, 11) is 1.59. The van der Waals surface area contributed by atoms with Crippen molar-refractivity contribution in [2.24, 2.45) is 0 Å². The molecule has 0 aliphatic heterocycles. The van der Waals surface area contributed by atoms with E-state index < -0.39 is 6.04 Å². The number of hydrogen-bond donors (Lipinski definition) is 1. The van der Waals surface area contributed by atoms with E-state index in [0.717, 1.165) is 16.7 Å². The summed E-state index contributed by atoms with van der Waals surface area (Å²) in [5.41, 5.74) is 2.96. The van der Waals surface area contributed by atoms with Crippen molar-refractivity contribution in [3.63, 3.8) is 0 Å². The molecule has 7 heteroatoms. The summed E-state index contributed by atoms with van der Waals surface area (Å²) in [4.78, 5) is 27.1. The van der Waals surface area contributed by atoms with Crippen LogP contribution in [-0.4, -0.2) is 35.6 Å². The molecule has 0 aromatic heterocycles. The summed E-state index contributed by atoms with van der Waals surface area (Å²) in [6.07, 6.45) is 0.540. The molecular weight excluding hydrogens is 427 g/mol. The van der Waals surface area contributed by atoms with Gasteiger partial charge in [-0.15, -0.1) is 11.8 Å². The number of rotatable bonds is 9. The molecule has 156 valence electrons. The van der Waals surface area contributed by atoms with Crippen LogP contribution in [0.3, 0.4) is 0 Å². The van der Waals surface area contributed by atoms with Crippen LogP contribution in [0.25, 0.3) is 0 Å². The molecule has 0 fully saturated rings. The fraction of sp³-hybridized carbons (Fsp3) is 0.364. The van der Waals surface area contributed by atoms with Gasteiger partial charge in [-0.05, 0) is 36.6 Å². The Bertz CT molecular complexity index is 823. The largest absolute Gasteiger partial charge is 0.357 e. The van der Waals surface area contributed by atoms with E-state index in [2.05, 4.69) is 5.32 Å². The molecule has 2 amide bonds. The Kier molecular flexibility index (Phi) is 9.34. The van der Waals surface area contributed by atoms with Crippen LogP contribution < -0.4 is 5.32 Å². The molecule has 29 heavy (non-hydrogen) atoms.